The largest absolute Gasteiger partial charge is 0.487 e. The number of thiophene rings is 1. The topological polar surface area (TPSA) is 55.1 Å². The number of halogens is 2. The smallest absolute Gasteiger partial charge is 0.130 e. The fourth-order valence-corrected chi connectivity index (χ4v) is 5.19. The first kappa shape index (κ1) is 23.6. The Balaban J connectivity index is 1.20. The van der Waals surface area contributed by atoms with Crippen molar-refractivity contribution in [1.82, 2.24) is 4.98 Å². The number of hydrogen-bond acceptors (Lipinski definition) is 5. The van der Waals surface area contributed by atoms with E-state index in [2.05, 4.69) is 29.3 Å². The molecule has 0 atom stereocenters. The molecule has 0 aliphatic rings. The molecule has 0 aliphatic carbocycles. The highest BCUT2D eigenvalue weighted by atomic mass is 35.5. The number of nitrogens with zero attached hydrogens (tertiary/aromatic N) is 2. The van der Waals surface area contributed by atoms with Gasteiger partial charge in [0.25, 0.3) is 0 Å². The van der Waals surface area contributed by atoms with Gasteiger partial charge >= 0.3 is 0 Å². The summed E-state index contributed by atoms with van der Waals surface area (Å²) in [7, 11) is 0. The van der Waals surface area contributed by atoms with Crippen LogP contribution in [0.3, 0.4) is 0 Å². The van der Waals surface area contributed by atoms with Crippen molar-refractivity contribution >= 4 is 55.5 Å². The van der Waals surface area contributed by atoms with Crippen LogP contribution in [-0.2, 0) is 24.4 Å². The lowest BCUT2D eigenvalue weighted by molar-refractivity contribution is 0.124. The van der Waals surface area contributed by atoms with E-state index in [1.165, 1.54) is 11.3 Å². The van der Waals surface area contributed by atoms with E-state index in [9.17, 15) is 0 Å². The molecule has 0 N–H and O–H groups in total. The molecule has 7 heteroatoms. The third-order valence-corrected chi connectivity index (χ3v) is 7.58. The molecular weight excluding hydrogens is 499 g/mol. The minimum atomic E-state index is 0.337. The second kappa shape index (κ2) is 10.6. The van der Waals surface area contributed by atoms with Gasteiger partial charge in [0.05, 0.1) is 40.3 Å². The van der Waals surface area contributed by atoms with Crippen molar-refractivity contribution in [3.05, 3.63) is 105 Å². The van der Waals surface area contributed by atoms with E-state index in [0.717, 1.165) is 44.5 Å². The zero-order valence-corrected chi connectivity index (χ0v) is 21.0. The van der Waals surface area contributed by atoms with Gasteiger partial charge in [-0.25, -0.2) is 4.98 Å². The van der Waals surface area contributed by atoms with Crippen LogP contribution in [0.15, 0.2) is 72.8 Å². The summed E-state index contributed by atoms with van der Waals surface area (Å²) in [6.07, 6.45) is 0.805. The molecule has 0 radical (unpaired) electrons. The Bertz CT molecular complexity index is 1540. The Labute approximate surface area is 217 Å². The van der Waals surface area contributed by atoms with Crippen molar-refractivity contribution in [3.63, 3.8) is 0 Å². The fourth-order valence-electron chi connectivity index (χ4n) is 3.78. The van der Waals surface area contributed by atoms with Crippen LogP contribution < -0.4 is 4.74 Å². The van der Waals surface area contributed by atoms with Crippen LogP contribution in [-0.4, -0.2) is 11.6 Å². The number of aromatic nitrogens is 1. The number of pyridine rings is 1. The summed E-state index contributed by atoms with van der Waals surface area (Å²) in [5.74, 6) is 0.771. The average molecular weight is 519 g/mol. The predicted octanol–water partition coefficient (Wildman–Crippen LogP) is 7.97. The maximum absolute atomic E-state index is 8.89. The molecule has 0 saturated carbocycles. The molecule has 5 rings (SSSR count). The Hall–Kier alpha value is -3.14. The van der Waals surface area contributed by atoms with E-state index in [1.807, 2.05) is 54.6 Å². The first-order valence-electron chi connectivity index (χ1n) is 11.0. The van der Waals surface area contributed by atoms with Crippen LogP contribution in [0.1, 0.15) is 22.4 Å². The molecule has 0 spiro atoms. The van der Waals surface area contributed by atoms with Gasteiger partial charge in [0.2, 0.25) is 0 Å². The van der Waals surface area contributed by atoms with Crippen molar-refractivity contribution in [3.8, 4) is 11.8 Å². The summed E-state index contributed by atoms with van der Waals surface area (Å²) < 4.78 is 13.4. The minimum absolute atomic E-state index is 0.337. The van der Waals surface area contributed by atoms with E-state index in [1.54, 1.807) is 0 Å². The fraction of sp³-hybridized carbons (Fsp3) is 0.143. The molecule has 0 amide bonds. The highest BCUT2D eigenvalue weighted by Crippen LogP contribution is 2.37. The van der Waals surface area contributed by atoms with Crippen LogP contribution >= 0.6 is 34.5 Å². The molecule has 3 aromatic carbocycles. The molecular formula is C28H20Cl2N2O2S. The Morgan fingerprint density at radius 1 is 0.857 bits per heavy atom. The van der Waals surface area contributed by atoms with Gasteiger partial charge in [-0.15, -0.1) is 11.3 Å². The van der Waals surface area contributed by atoms with Gasteiger partial charge in [-0.2, -0.15) is 5.26 Å². The van der Waals surface area contributed by atoms with Gasteiger partial charge in [0.1, 0.15) is 22.2 Å². The van der Waals surface area contributed by atoms with E-state index in [-0.39, 0.29) is 0 Å². The average Bonchev–Trinajstić information content (AvgIpc) is 3.18. The van der Waals surface area contributed by atoms with Crippen molar-refractivity contribution in [1.29, 1.82) is 5.26 Å². The second-order valence-corrected chi connectivity index (χ2v) is 10.1. The summed E-state index contributed by atoms with van der Waals surface area (Å²) in [6, 6.07) is 26.0. The number of ether oxygens (including phenoxy) is 2. The summed E-state index contributed by atoms with van der Waals surface area (Å²) in [4.78, 5) is 4.60. The van der Waals surface area contributed by atoms with Gasteiger partial charge in [-0.05, 0) is 70.8 Å². The van der Waals surface area contributed by atoms with E-state index < -0.39 is 0 Å². The number of benzene rings is 3. The van der Waals surface area contributed by atoms with E-state index >= 15 is 0 Å². The molecule has 174 valence electrons. The van der Waals surface area contributed by atoms with E-state index in [4.69, 9.17) is 37.9 Å². The molecule has 0 fully saturated rings. The number of hydrogen-bond donors (Lipinski definition) is 0. The second-order valence-electron chi connectivity index (χ2n) is 8.08. The van der Waals surface area contributed by atoms with Gasteiger partial charge in [-0.1, -0.05) is 53.5 Å². The van der Waals surface area contributed by atoms with Crippen molar-refractivity contribution in [2.24, 2.45) is 0 Å². The first-order valence-corrected chi connectivity index (χ1v) is 12.6. The van der Waals surface area contributed by atoms with Gasteiger partial charge < -0.3 is 9.47 Å². The molecule has 2 heterocycles. The molecule has 0 bridgehead atoms. The maximum atomic E-state index is 8.89. The lowest BCUT2D eigenvalue weighted by Crippen LogP contribution is -1.99. The lowest BCUT2D eigenvalue weighted by Gasteiger charge is -2.09. The van der Waals surface area contributed by atoms with Crippen molar-refractivity contribution < 1.29 is 9.47 Å². The van der Waals surface area contributed by atoms with Crippen LogP contribution in [0, 0.1) is 11.3 Å². The summed E-state index contributed by atoms with van der Waals surface area (Å²) >= 11 is 13.8. The molecule has 5 aromatic rings. The van der Waals surface area contributed by atoms with Crippen LogP contribution in [0.5, 0.6) is 5.75 Å². The minimum Gasteiger partial charge on any atom is -0.487 e. The summed E-state index contributed by atoms with van der Waals surface area (Å²) in [5.41, 5.74) is 4.43. The molecule has 4 nitrogen and oxygen atoms in total. The van der Waals surface area contributed by atoms with Gasteiger partial charge in [-0.3, -0.25) is 0 Å². The number of fused-ring (bicyclic) bond motifs is 2. The molecule has 0 unspecified atom stereocenters. The van der Waals surface area contributed by atoms with E-state index in [0.29, 0.717) is 40.3 Å². The van der Waals surface area contributed by atoms with Crippen LogP contribution in [0.4, 0.5) is 0 Å². The number of nitriles is 1. The third kappa shape index (κ3) is 5.58. The monoisotopic (exact) mass is 518 g/mol. The normalized spacial score (nSPS) is 11.1. The molecule has 35 heavy (non-hydrogen) atoms. The van der Waals surface area contributed by atoms with Crippen LogP contribution in [0.25, 0.3) is 21.0 Å². The first-order chi connectivity index (χ1) is 17.1. The Morgan fingerprint density at radius 2 is 1.66 bits per heavy atom. The van der Waals surface area contributed by atoms with Gasteiger partial charge in [0.15, 0.2) is 0 Å². The van der Waals surface area contributed by atoms with Crippen molar-refractivity contribution in [2.75, 3.05) is 6.61 Å². The Kier molecular flexibility index (Phi) is 7.17. The third-order valence-electron chi connectivity index (χ3n) is 5.65. The highest BCUT2D eigenvalue weighted by Gasteiger charge is 2.11. The van der Waals surface area contributed by atoms with Crippen molar-refractivity contribution in [2.45, 2.75) is 19.6 Å². The summed E-state index contributed by atoms with van der Waals surface area (Å²) in [6.45, 7) is 1.48. The zero-order valence-electron chi connectivity index (χ0n) is 18.6. The quantitative estimate of drug-likeness (QED) is 0.195. The summed E-state index contributed by atoms with van der Waals surface area (Å²) in [5, 5.41) is 11.6. The highest BCUT2D eigenvalue weighted by molar-refractivity contribution is 7.23. The zero-order chi connectivity index (χ0) is 24.2. The predicted molar refractivity (Wildman–Crippen MR) is 142 cm³/mol. The molecule has 2 aromatic heterocycles. The molecule has 0 aliphatic heterocycles. The maximum Gasteiger partial charge on any atom is 0.130 e. The standard InChI is InChI=1S/C28H20Cl2N2O2S/c29-26-27-25(35-28(26)30)10-8-23(32-27)17-34-24-9-7-21-6-5-20(13-22(21)14-24)16-33-12-11-18-1-3-19(15-31)4-2-18/h1-10,13-14H,11-12,16-17H2. The Morgan fingerprint density at radius 3 is 2.49 bits per heavy atom. The number of rotatable bonds is 8. The van der Waals surface area contributed by atoms with Gasteiger partial charge in [0, 0.05) is 0 Å². The molecule has 0 saturated heterocycles. The van der Waals surface area contributed by atoms with Crippen LogP contribution in [0.2, 0.25) is 9.36 Å². The lowest BCUT2D eigenvalue weighted by atomic mass is 10.1. The SMILES string of the molecule is N#Cc1ccc(CCOCc2ccc3ccc(OCc4ccc5sc(Cl)c(Cl)c5n4)cc3c2)cc1.